The minimum Gasteiger partial charge on any atom is -0.462 e. The predicted molar refractivity (Wildman–Crippen MR) is 293 cm³/mol. The summed E-state index contributed by atoms with van der Waals surface area (Å²) in [6, 6.07) is 0. The first-order chi connectivity index (χ1) is 33.5. The number of esters is 3. The Hall–Kier alpha value is -1.85. The van der Waals surface area contributed by atoms with Crippen molar-refractivity contribution >= 4 is 17.9 Å². The summed E-state index contributed by atoms with van der Waals surface area (Å²) in [6.45, 7) is 6.67. The number of carbonyl (C=O) groups excluding carboxylic acids is 3. The second kappa shape index (κ2) is 57.7. The zero-order valence-corrected chi connectivity index (χ0v) is 46.2. The molecule has 0 spiro atoms. The lowest BCUT2D eigenvalue weighted by atomic mass is 10.0. The van der Waals surface area contributed by atoms with Crippen molar-refractivity contribution in [2.24, 2.45) is 0 Å². The van der Waals surface area contributed by atoms with Crippen molar-refractivity contribution in [3.63, 3.8) is 0 Å². The van der Waals surface area contributed by atoms with Gasteiger partial charge in [0.15, 0.2) is 6.10 Å². The maximum atomic E-state index is 12.8. The molecule has 0 aliphatic heterocycles. The molecule has 1 atom stereocenters. The highest BCUT2D eigenvalue weighted by Gasteiger charge is 2.19. The molecule has 0 amide bonds. The van der Waals surface area contributed by atoms with E-state index in [-0.39, 0.29) is 31.1 Å². The fourth-order valence-electron chi connectivity index (χ4n) is 9.38. The highest BCUT2D eigenvalue weighted by molar-refractivity contribution is 5.71. The molecule has 0 saturated heterocycles. The third-order valence-electron chi connectivity index (χ3n) is 14.0. The van der Waals surface area contributed by atoms with Crippen LogP contribution in [-0.4, -0.2) is 37.2 Å². The lowest BCUT2D eigenvalue weighted by Gasteiger charge is -2.18. The predicted octanol–water partition coefficient (Wildman–Crippen LogP) is 20.5. The molecular formula is C62H118O6. The monoisotopic (exact) mass is 959 g/mol. The van der Waals surface area contributed by atoms with Crippen LogP contribution in [0.5, 0.6) is 0 Å². The van der Waals surface area contributed by atoms with Gasteiger partial charge < -0.3 is 14.2 Å². The molecule has 402 valence electrons. The number of hydrogen-bond donors (Lipinski definition) is 0. The zero-order valence-electron chi connectivity index (χ0n) is 46.2. The van der Waals surface area contributed by atoms with E-state index in [0.29, 0.717) is 19.3 Å². The molecule has 68 heavy (non-hydrogen) atoms. The quantitative estimate of drug-likeness (QED) is 0.0262. The van der Waals surface area contributed by atoms with Crippen LogP contribution >= 0.6 is 0 Å². The number of rotatable bonds is 57. The fourth-order valence-corrected chi connectivity index (χ4v) is 9.38. The third-order valence-corrected chi connectivity index (χ3v) is 14.0. The maximum absolute atomic E-state index is 12.8. The second-order valence-corrected chi connectivity index (χ2v) is 21.0. The van der Waals surface area contributed by atoms with Crippen LogP contribution in [0.15, 0.2) is 12.2 Å². The molecule has 0 rings (SSSR count). The summed E-state index contributed by atoms with van der Waals surface area (Å²) in [5, 5.41) is 0. The molecule has 6 nitrogen and oxygen atoms in total. The number of carbonyl (C=O) groups is 3. The molecule has 0 aromatic heterocycles. The van der Waals surface area contributed by atoms with Gasteiger partial charge >= 0.3 is 17.9 Å². The van der Waals surface area contributed by atoms with Crippen LogP contribution in [0, 0.1) is 0 Å². The Morgan fingerprint density at radius 3 is 0.735 bits per heavy atom. The second-order valence-electron chi connectivity index (χ2n) is 21.0. The Bertz CT molecular complexity index is 1060. The molecular weight excluding hydrogens is 841 g/mol. The van der Waals surface area contributed by atoms with Gasteiger partial charge in [0.1, 0.15) is 13.2 Å². The van der Waals surface area contributed by atoms with Gasteiger partial charge in [0.2, 0.25) is 0 Å². The van der Waals surface area contributed by atoms with E-state index < -0.39 is 6.10 Å². The smallest absolute Gasteiger partial charge is 0.306 e. The maximum Gasteiger partial charge on any atom is 0.306 e. The van der Waals surface area contributed by atoms with Gasteiger partial charge in [-0.3, -0.25) is 14.4 Å². The van der Waals surface area contributed by atoms with Crippen LogP contribution < -0.4 is 0 Å². The van der Waals surface area contributed by atoms with Gasteiger partial charge in [-0.05, 0) is 44.9 Å². The van der Waals surface area contributed by atoms with Gasteiger partial charge in [-0.2, -0.15) is 0 Å². The van der Waals surface area contributed by atoms with Crippen molar-refractivity contribution in [1.29, 1.82) is 0 Å². The summed E-state index contributed by atoms with van der Waals surface area (Å²) < 4.78 is 16.9. The first kappa shape index (κ1) is 66.2. The molecule has 0 N–H and O–H groups in total. The number of allylic oxidation sites excluding steroid dienone is 2. The SMILES string of the molecule is CCCCCCCCCC/C=C\CCCCCCCCCCCCCC(=O)OCC(COC(=O)CCCCCCCCCC)OC(=O)CCCCCCCCCCCCCCCCCCCCC. The van der Waals surface area contributed by atoms with Crippen molar-refractivity contribution in [1.82, 2.24) is 0 Å². The van der Waals surface area contributed by atoms with Crippen LogP contribution in [0.2, 0.25) is 0 Å². The minimum atomic E-state index is -0.763. The normalized spacial score (nSPS) is 12.0. The summed E-state index contributed by atoms with van der Waals surface area (Å²) in [5.41, 5.74) is 0. The molecule has 0 aliphatic rings. The zero-order chi connectivity index (χ0) is 49.3. The summed E-state index contributed by atoms with van der Waals surface area (Å²) in [5.74, 6) is -0.844. The molecule has 0 saturated carbocycles. The van der Waals surface area contributed by atoms with E-state index in [2.05, 4.69) is 32.9 Å². The first-order valence-electron chi connectivity index (χ1n) is 30.7. The lowest BCUT2D eigenvalue weighted by Crippen LogP contribution is -2.30. The highest BCUT2D eigenvalue weighted by Crippen LogP contribution is 2.18. The van der Waals surface area contributed by atoms with Gasteiger partial charge in [0.05, 0.1) is 0 Å². The lowest BCUT2D eigenvalue weighted by molar-refractivity contribution is -0.167. The number of hydrogen-bond acceptors (Lipinski definition) is 6. The molecule has 1 unspecified atom stereocenters. The Labute approximate surface area is 424 Å². The minimum absolute atomic E-state index is 0.0646. The first-order valence-corrected chi connectivity index (χ1v) is 30.7. The van der Waals surface area contributed by atoms with Crippen LogP contribution in [0.1, 0.15) is 348 Å². The van der Waals surface area contributed by atoms with Crippen LogP contribution in [0.4, 0.5) is 0 Å². The molecule has 0 aromatic rings. The van der Waals surface area contributed by atoms with Crippen molar-refractivity contribution in [3.05, 3.63) is 12.2 Å². The molecule has 0 fully saturated rings. The molecule has 0 heterocycles. The van der Waals surface area contributed by atoms with Crippen molar-refractivity contribution in [2.75, 3.05) is 13.2 Å². The van der Waals surface area contributed by atoms with E-state index in [4.69, 9.17) is 14.2 Å². The molecule has 0 aromatic carbocycles. The highest BCUT2D eigenvalue weighted by atomic mass is 16.6. The average molecular weight is 960 g/mol. The van der Waals surface area contributed by atoms with Crippen LogP contribution in [0.3, 0.4) is 0 Å². The van der Waals surface area contributed by atoms with Gasteiger partial charge in [-0.25, -0.2) is 0 Å². The topological polar surface area (TPSA) is 78.9 Å². The number of ether oxygens (including phenoxy) is 3. The van der Waals surface area contributed by atoms with E-state index in [1.54, 1.807) is 0 Å². The Morgan fingerprint density at radius 1 is 0.279 bits per heavy atom. The van der Waals surface area contributed by atoms with Gasteiger partial charge in [0, 0.05) is 19.3 Å². The summed E-state index contributed by atoms with van der Waals surface area (Å²) >= 11 is 0. The Kier molecular flexibility index (Phi) is 56.2. The third kappa shape index (κ3) is 55.1. The molecule has 0 radical (unpaired) electrons. The molecule has 6 heteroatoms. The van der Waals surface area contributed by atoms with E-state index in [9.17, 15) is 14.4 Å². The van der Waals surface area contributed by atoms with Crippen LogP contribution in [-0.2, 0) is 28.6 Å². The standard InChI is InChI=1S/C62H118O6/c1-4-7-10-13-16-19-21-23-25-27-29-30-31-32-34-35-37-39-41-43-46-49-52-55-61(64)67-58-59(57-66-60(63)54-51-48-45-18-15-12-9-6-3)68-62(65)56-53-50-47-44-42-40-38-36-33-28-26-24-22-20-17-14-11-8-5-2/h27,29,59H,4-26,28,30-58H2,1-3H3/b29-27-. The Morgan fingerprint density at radius 2 is 0.485 bits per heavy atom. The van der Waals surface area contributed by atoms with Gasteiger partial charge in [-0.15, -0.1) is 0 Å². The average Bonchev–Trinajstić information content (AvgIpc) is 3.34. The van der Waals surface area contributed by atoms with Crippen molar-refractivity contribution in [3.8, 4) is 0 Å². The van der Waals surface area contributed by atoms with E-state index in [1.807, 2.05) is 0 Å². The summed E-state index contributed by atoms with van der Waals surface area (Å²) in [4.78, 5) is 38.1. The van der Waals surface area contributed by atoms with Crippen molar-refractivity contribution < 1.29 is 28.6 Å². The fraction of sp³-hybridized carbons (Fsp3) is 0.919. The number of unbranched alkanes of at least 4 members (excludes halogenated alkanes) is 44. The summed E-state index contributed by atoms with van der Waals surface area (Å²) in [6.07, 6.45) is 66.6. The van der Waals surface area contributed by atoms with E-state index in [0.717, 1.165) is 57.8 Å². The molecule has 0 bridgehead atoms. The van der Waals surface area contributed by atoms with Crippen molar-refractivity contribution in [2.45, 2.75) is 354 Å². The van der Waals surface area contributed by atoms with Gasteiger partial charge in [0.25, 0.3) is 0 Å². The Balaban J connectivity index is 4.13. The summed E-state index contributed by atoms with van der Waals surface area (Å²) in [7, 11) is 0. The molecule has 0 aliphatic carbocycles. The van der Waals surface area contributed by atoms with E-state index >= 15 is 0 Å². The van der Waals surface area contributed by atoms with Crippen LogP contribution in [0.25, 0.3) is 0 Å². The van der Waals surface area contributed by atoms with Gasteiger partial charge in [-0.1, -0.05) is 296 Å². The largest absolute Gasteiger partial charge is 0.462 e. The van der Waals surface area contributed by atoms with E-state index in [1.165, 1.54) is 250 Å².